The summed E-state index contributed by atoms with van der Waals surface area (Å²) >= 11 is 1.82. The summed E-state index contributed by atoms with van der Waals surface area (Å²) in [5, 5.41) is 2.50. The molecule has 0 N–H and O–H groups in total. The molecular weight excluding hydrogens is 711 g/mol. The zero-order chi connectivity index (χ0) is 33.5. The van der Waals surface area contributed by atoms with Crippen LogP contribution in [0.4, 0.5) is 0 Å². The molecule has 234 valence electrons. The molecule has 1 aliphatic carbocycles. The predicted octanol–water partition coefficient (Wildman–Crippen LogP) is 11.3. The molecule has 0 spiro atoms. The van der Waals surface area contributed by atoms with Crippen LogP contribution >= 0.6 is 22.6 Å². The molecular formula is C44H31IN4. The molecule has 0 saturated heterocycles. The van der Waals surface area contributed by atoms with E-state index in [1.807, 2.05) is 83.3 Å². The van der Waals surface area contributed by atoms with Gasteiger partial charge in [-0.25, -0.2) is 15.0 Å². The van der Waals surface area contributed by atoms with Crippen molar-refractivity contribution in [3.05, 3.63) is 157 Å². The van der Waals surface area contributed by atoms with Crippen LogP contribution in [0.15, 0.2) is 146 Å². The van der Waals surface area contributed by atoms with Gasteiger partial charge in [0.25, 0.3) is 0 Å². The average Bonchev–Trinajstić information content (AvgIpc) is 3.60. The lowest BCUT2D eigenvalue weighted by Crippen LogP contribution is -2.14. The van der Waals surface area contributed by atoms with Gasteiger partial charge in [-0.3, -0.25) is 0 Å². The van der Waals surface area contributed by atoms with Crippen LogP contribution in [0, 0.1) is 10.4 Å². The number of halogens is 1. The topological polar surface area (TPSA) is 43.6 Å². The quantitative estimate of drug-likeness (QED) is 0.133. The number of nitrogens with zero attached hydrogens (tertiary/aromatic N) is 4. The summed E-state index contributed by atoms with van der Waals surface area (Å²) in [6.45, 7) is 4.68. The monoisotopic (exact) mass is 742 g/mol. The van der Waals surface area contributed by atoms with E-state index in [-0.39, 0.29) is 5.41 Å². The SMILES string of the molecule is C#CI.CC1(C)c2ccccc2-c2cc3c4ccccc4n(-c4cccc(-c5nc(-c6ccccc6)nc(-c6ccccc6)n5)c4)c3cc21. The van der Waals surface area contributed by atoms with E-state index in [1.165, 1.54) is 44.1 Å². The third-order valence-electron chi connectivity index (χ3n) is 9.44. The second kappa shape index (κ2) is 12.5. The smallest absolute Gasteiger partial charge is 0.164 e. The van der Waals surface area contributed by atoms with Gasteiger partial charge in [-0.2, -0.15) is 0 Å². The number of aromatic nitrogens is 4. The first kappa shape index (κ1) is 30.7. The number of hydrogen-bond donors (Lipinski definition) is 0. The number of rotatable bonds is 4. The van der Waals surface area contributed by atoms with E-state index in [2.05, 4.69) is 114 Å². The highest BCUT2D eigenvalue weighted by Gasteiger charge is 2.36. The van der Waals surface area contributed by atoms with Gasteiger partial charge in [0.15, 0.2) is 17.5 Å². The lowest BCUT2D eigenvalue weighted by atomic mass is 9.82. The Bertz CT molecular complexity index is 2490. The fourth-order valence-electron chi connectivity index (χ4n) is 7.16. The van der Waals surface area contributed by atoms with E-state index in [9.17, 15) is 0 Å². The standard InChI is InChI=1S/C42H30N4.C2HI/c1-42(2)35-22-11-9-20-31(35)33-25-34-32-21-10-12-23-37(32)46(38(34)26-36(33)42)30-19-13-18-29(24-30)41-44-39(27-14-5-3-6-15-27)43-40(45-41)28-16-7-4-8-17-28;1-2-3/h3-26H,1-2H3;1H. The largest absolute Gasteiger partial charge is 0.309 e. The van der Waals surface area contributed by atoms with Gasteiger partial charge < -0.3 is 4.57 Å². The van der Waals surface area contributed by atoms with Gasteiger partial charge in [0.05, 0.1) is 11.0 Å². The van der Waals surface area contributed by atoms with Crippen molar-refractivity contribution in [2.45, 2.75) is 19.3 Å². The summed E-state index contributed by atoms with van der Waals surface area (Å²) in [7, 11) is 0. The van der Waals surface area contributed by atoms with Gasteiger partial charge >= 0.3 is 0 Å². The fourth-order valence-corrected chi connectivity index (χ4v) is 7.16. The van der Waals surface area contributed by atoms with E-state index >= 15 is 0 Å². The van der Waals surface area contributed by atoms with Crippen LogP contribution in [-0.4, -0.2) is 19.5 Å². The Labute approximate surface area is 299 Å². The molecule has 1 aliphatic rings. The van der Waals surface area contributed by atoms with Gasteiger partial charge in [0.1, 0.15) is 0 Å². The number of benzene rings is 6. The van der Waals surface area contributed by atoms with Gasteiger partial charge in [-0.1, -0.05) is 129 Å². The minimum atomic E-state index is -0.0875. The number of fused-ring (bicyclic) bond motifs is 6. The number of para-hydroxylation sites is 1. The molecule has 49 heavy (non-hydrogen) atoms. The van der Waals surface area contributed by atoms with E-state index in [1.54, 1.807) is 0 Å². The second-order valence-corrected chi connectivity index (χ2v) is 13.3. The Hall–Kier alpha value is -5.58. The molecule has 0 atom stereocenters. The van der Waals surface area contributed by atoms with Crippen molar-refractivity contribution in [2.75, 3.05) is 0 Å². The number of hydrogen-bond acceptors (Lipinski definition) is 3. The Balaban J connectivity index is 0.00000112. The maximum atomic E-state index is 5.00. The van der Waals surface area contributed by atoms with Crippen LogP contribution in [0.2, 0.25) is 0 Å². The van der Waals surface area contributed by atoms with Crippen LogP contribution in [-0.2, 0) is 5.41 Å². The third kappa shape index (κ3) is 5.29. The highest BCUT2D eigenvalue weighted by molar-refractivity contribution is 14.1. The highest BCUT2D eigenvalue weighted by Crippen LogP contribution is 2.51. The first-order valence-electron chi connectivity index (χ1n) is 16.2. The molecule has 2 heterocycles. The zero-order valence-electron chi connectivity index (χ0n) is 27.1. The van der Waals surface area contributed by atoms with Crippen LogP contribution in [0.5, 0.6) is 0 Å². The molecule has 0 fully saturated rings. The summed E-state index contributed by atoms with van der Waals surface area (Å²) in [4.78, 5) is 14.9. The van der Waals surface area contributed by atoms with Crippen LogP contribution in [0.25, 0.3) is 72.8 Å². The molecule has 9 rings (SSSR count). The summed E-state index contributed by atoms with van der Waals surface area (Å²) in [6.07, 6.45) is 4.58. The first-order valence-corrected chi connectivity index (χ1v) is 17.3. The van der Waals surface area contributed by atoms with E-state index in [0.29, 0.717) is 17.5 Å². The molecule has 6 aromatic carbocycles. The van der Waals surface area contributed by atoms with Gasteiger partial charge in [-0.15, -0.1) is 6.42 Å². The summed E-state index contributed by atoms with van der Waals surface area (Å²) in [5.41, 5.74) is 11.6. The van der Waals surface area contributed by atoms with Gasteiger partial charge in [0, 0.05) is 61.2 Å². The Kier molecular flexibility index (Phi) is 7.82. The highest BCUT2D eigenvalue weighted by atomic mass is 127. The normalized spacial score (nSPS) is 12.5. The van der Waals surface area contributed by atoms with Crippen molar-refractivity contribution in [3.8, 4) is 61.3 Å². The fraction of sp³-hybridized carbons (Fsp3) is 0.0682. The Morgan fingerprint density at radius 1 is 0.531 bits per heavy atom. The van der Waals surface area contributed by atoms with Crippen LogP contribution in [0.1, 0.15) is 25.0 Å². The molecule has 0 aliphatic heterocycles. The van der Waals surface area contributed by atoms with E-state index < -0.39 is 0 Å². The maximum absolute atomic E-state index is 5.00. The third-order valence-corrected chi connectivity index (χ3v) is 9.44. The van der Waals surface area contributed by atoms with Crippen molar-refractivity contribution in [2.24, 2.45) is 0 Å². The van der Waals surface area contributed by atoms with Crippen molar-refractivity contribution < 1.29 is 0 Å². The predicted molar refractivity (Wildman–Crippen MR) is 211 cm³/mol. The average molecular weight is 743 g/mol. The minimum absolute atomic E-state index is 0.0875. The van der Waals surface area contributed by atoms with E-state index in [4.69, 9.17) is 15.0 Å². The van der Waals surface area contributed by atoms with Gasteiger partial charge in [-0.05, 0) is 56.5 Å². The summed E-state index contributed by atoms with van der Waals surface area (Å²) in [6, 6.07) is 51.2. The maximum Gasteiger partial charge on any atom is 0.164 e. The molecule has 4 nitrogen and oxygen atoms in total. The minimum Gasteiger partial charge on any atom is -0.309 e. The molecule has 2 aromatic heterocycles. The summed E-state index contributed by atoms with van der Waals surface area (Å²) in [5.74, 6) is 1.96. The lowest BCUT2D eigenvalue weighted by Gasteiger charge is -2.21. The lowest BCUT2D eigenvalue weighted by molar-refractivity contribution is 0.661. The zero-order valence-corrected chi connectivity index (χ0v) is 29.3. The second-order valence-electron chi connectivity index (χ2n) is 12.6. The molecule has 0 unspecified atom stereocenters. The Morgan fingerprint density at radius 3 is 1.76 bits per heavy atom. The molecule has 5 heteroatoms. The molecule has 0 amide bonds. The van der Waals surface area contributed by atoms with Crippen molar-refractivity contribution in [3.63, 3.8) is 0 Å². The Morgan fingerprint density at radius 2 is 1.08 bits per heavy atom. The molecule has 0 saturated carbocycles. The summed E-state index contributed by atoms with van der Waals surface area (Å²) < 4.78 is 4.61. The van der Waals surface area contributed by atoms with Crippen LogP contribution in [0.3, 0.4) is 0 Å². The number of terminal acetylenes is 1. The van der Waals surface area contributed by atoms with Crippen LogP contribution < -0.4 is 0 Å². The molecule has 8 aromatic rings. The molecule has 0 bridgehead atoms. The van der Waals surface area contributed by atoms with Crippen molar-refractivity contribution in [1.82, 2.24) is 19.5 Å². The molecule has 0 radical (unpaired) electrons. The first-order chi connectivity index (χ1) is 24.0. The van der Waals surface area contributed by atoms with E-state index in [0.717, 1.165) is 22.4 Å². The van der Waals surface area contributed by atoms with Crippen molar-refractivity contribution >= 4 is 44.4 Å². The van der Waals surface area contributed by atoms with Gasteiger partial charge in [0.2, 0.25) is 0 Å². The van der Waals surface area contributed by atoms with Crippen molar-refractivity contribution in [1.29, 1.82) is 0 Å².